The summed E-state index contributed by atoms with van der Waals surface area (Å²) in [6.07, 6.45) is 6.05. The minimum Gasteiger partial charge on any atom is -0.444 e. The zero-order valence-corrected chi connectivity index (χ0v) is 22.3. The third-order valence-electron chi connectivity index (χ3n) is 8.48. The van der Waals surface area contributed by atoms with Gasteiger partial charge in [-0.15, -0.1) is 0 Å². The number of nitrogens with one attached hydrogen (secondary N) is 1. The fraction of sp³-hybridized carbons (Fsp3) is 0.586. The van der Waals surface area contributed by atoms with Gasteiger partial charge in [-0.25, -0.2) is 9.18 Å². The molecule has 3 aliphatic rings. The predicted octanol–water partition coefficient (Wildman–Crippen LogP) is 4.67. The molecule has 3 fully saturated rings. The Morgan fingerprint density at radius 3 is 2.61 bits per heavy atom. The molecule has 2 aromatic rings. The first-order valence-corrected chi connectivity index (χ1v) is 13.6. The van der Waals surface area contributed by atoms with Crippen LogP contribution in [0.15, 0.2) is 24.4 Å². The molecule has 9 heteroatoms. The van der Waals surface area contributed by atoms with Crippen LogP contribution in [0.2, 0.25) is 0 Å². The van der Waals surface area contributed by atoms with E-state index in [-0.39, 0.29) is 36.2 Å². The van der Waals surface area contributed by atoms with E-state index in [2.05, 4.69) is 10.3 Å². The van der Waals surface area contributed by atoms with Crippen molar-refractivity contribution >= 4 is 28.8 Å². The molecule has 38 heavy (non-hydrogen) atoms. The van der Waals surface area contributed by atoms with E-state index in [4.69, 9.17) is 4.74 Å². The normalized spacial score (nSPS) is 25.9. The topological polar surface area (TPSA) is 109 Å². The molecule has 0 radical (unpaired) electrons. The summed E-state index contributed by atoms with van der Waals surface area (Å²) in [5.41, 5.74) is -1.65. The second-order valence-corrected chi connectivity index (χ2v) is 12.1. The van der Waals surface area contributed by atoms with Crippen molar-refractivity contribution in [3.8, 4) is 0 Å². The number of hydrogen-bond donors (Lipinski definition) is 2. The number of carbonyl (C=O) groups is 3. The second kappa shape index (κ2) is 9.59. The molecule has 1 aromatic carbocycles. The van der Waals surface area contributed by atoms with Crippen LogP contribution in [0.3, 0.4) is 0 Å². The van der Waals surface area contributed by atoms with Crippen LogP contribution >= 0.6 is 0 Å². The van der Waals surface area contributed by atoms with Gasteiger partial charge in [0.05, 0.1) is 11.4 Å². The maximum atomic E-state index is 16.4. The molecule has 3 amide bonds. The number of benzene rings is 1. The number of ether oxygens (including phenoxy) is 1. The Hall–Kier alpha value is -3.07. The lowest BCUT2D eigenvalue weighted by Gasteiger charge is -2.55. The van der Waals surface area contributed by atoms with Crippen LogP contribution in [0, 0.1) is 11.2 Å². The number of pyridine rings is 1. The minimum absolute atomic E-state index is 0.189. The summed E-state index contributed by atoms with van der Waals surface area (Å²) in [5, 5.41) is 14.9. The number of aliphatic hydroxyl groups is 1. The summed E-state index contributed by atoms with van der Waals surface area (Å²) in [7, 11) is 0. The fourth-order valence-corrected chi connectivity index (χ4v) is 6.54. The number of nitrogens with zero attached hydrogens (tertiary/aromatic N) is 2. The number of piperidine rings is 2. The third-order valence-corrected chi connectivity index (χ3v) is 8.48. The lowest BCUT2D eigenvalue weighted by Crippen LogP contribution is -2.60. The molecule has 2 aliphatic heterocycles. The number of carbonyl (C=O) groups excluding carboxylic acids is 3. The second-order valence-electron chi connectivity index (χ2n) is 12.1. The minimum atomic E-state index is -1.48. The number of imide groups is 1. The molecular weight excluding hydrogens is 489 g/mol. The molecule has 8 nitrogen and oxygen atoms in total. The van der Waals surface area contributed by atoms with Gasteiger partial charge in [-0.3, -0.25) is 19.9 Å². The first-order chi connectivity index (χ1) is 17.9. The van der Waals surface area contributed by atoms with Gasteiger partial charge in [0, 0.05) is 42.1 Å². The highest BCUT2D eigenvalue weighted by Crippen LogP contribution is 2.55. The summed E-state index contributed by atoms with van der Waals surface area (Å²) < 4.78 is 22.0. The van der Waals surface area contributed by atoms with E-state index < -0.39 is 40.4 Å². The zero-order valence-electron chi connectivity index (χ0n) is 22.3. The number of rotatable bonds is 2. The molecule has 1 aromatic heterocycles. The predicted molar refractivity (Wildman–Crippen MR) is 139 cm³/mol. The summed E-state index contributed by atoms with van der Waals surface area (Å²) in [5.74, 6) is -1.86. The van der Waals surface area contributed by atoms with Crippen molar-refractivity contribution < 1.29 is 28.6 Å². The van der Waals surface area contributed by atoms with Gasteiger partial charge in [-0.2, -0.15) is 0 Å². The van der Waals surface area contributed by atoms with Gasteiger partial charge in [0.2, 0.25) is 11.8 Å². The standard InChI is InChI=1S/C29H36FN3O5/c1-27(2,3)38-26(36)33-14-13-29(37,28(17-33)11-5-4-6-12-28)21-8-9-22-20(24(21)30)15-18(16-31-22)19-7-10-23(34)32-25(19)35/h8-9,15-16,19,37H,4-7,10-14,17H2,1-3H3,(H,32,34,35). The Labute approximate surface area is 221 Å². The van der Waals surface area contributed by atoms with Crippen molar-refractivity contribution in [3.05, 3.63) is 41.3 Å². The van der Waals surface area contributed by atoms with Crippen LogP contribution in [0.5, 0.6) is 0 Å². The monoisotopic (exact) mass is 525 g/mol. The van der Waals surface area contributed by atoms with E-state index in [1.807, 2.05) is 20.8 Å². The van der Waals surface area contributed by atoms with Gasteiger partial charge in [-0.1, -0.05) is 25.3 Å². The summed E-state index contributed by atoms with van der Waals surface area (Å²) in [4.78, 5) is 43.0. The van der Waals surface area contributed by atoms with E-state index >= 15 is 4.39 Å². The quantitative estimate of drug-likeness (QED) is 0.552. The van der Waals surface area contributed by atoms with Crippen LogP contribution in [-0.2, 0) is 19.9 Å². The number of fused-ring (bicyclic) bond motifs is 1. The fourth-order valence-electron chi connectivity index (χ4n) is 6.54. The molecule has 0 bridgehead atoms. The van der Waals surface area contributed by atoms with Crippen LogP contribution in [0.1, 0.15) is 89.2 Å². The third kappa shape index (κ3) is 4.65. The van der Waals surface area contributed by atoms with E-state index in [1.165, 1.54) is 0 Å². The van der Waals surface area contributed by atoms with Crippen molar-refractivity contribution in [3.63, 3.8) is 0 Å². The highest BCUT2D eigenvalue weighted by Gasteiger charge is 2.56. The molecular formula is C29H36FN3O5. The Bertz CT molecular complexity index is 1280. The largest absolute Gasteiger partial charge is 0.444 e. The number of aromatic nitrogens is 1. The Kier molecular flexibility index (Phi) is 6.70. The summed E-state index contributed by atoms with van der Waals surface area (Å²) in [6, 6.07) is 4.94. The summed E-state index contributed by atoms with van der Waals surface area (Å²) in [6.45, 7) is 6.01. The number of amides is 3. The van der Waals surface area contributed by atoms with E-state index in [9.17, 15) is 19.5 Å². The van der Waals surface area contributed by atoms with Gasteiger partial charge in [-0.05, 0) is 64.2 Å². The van der Waals surface area contributed by atoms with Crippen LogP contribution < -0.4 is 5.32 Å². The Morgan fingerprint density at radius 1 is 1.18 bits per heavy atom. The van der Waals surface area contributed by atoms with Gasteiger partial charge in [0.25, 0.3) is 0 Å². The number of likely N-dealkylation sites (tertiary alicyclic amines) is 1. The van der Waals surface area contributed by atoms with Gasteiger partial charge in [0.15, 0.2) is 0 Å². The van der Waals surface area contributed by atoms with E-state index in [0.29, 0.717) is 36.9 Å². The van der Waals surface area contributed by atoms with Crippen molar-refractivity contribution in [2.45, 2.75) is 89.3 Å². The average molecular weight is 526 g/mol. The lowest BCUT2D eigenvalue weighted by molar-refractivity contribution is -0.156. The maximum absolute atomic E-state index is 16.4. The first kappa shape index (κ1) is 26.5. The van der Waals surface area contributed by atoms with Crippen molar-refractivity contribution in [1.29, 1.82) is 0 Å². The molecule has 2 atom stereocenters. The smallest absolute Gasteiger partial charge is 0.410 e. The molecule has 3 heterocycles. The summed E-state index contributed by atoms with van der Waals surface area (Å²) >= 11 is 0. The zero-order chi connectivity index (χ0) is 27.3. The highest BCUT2D eigenvalue weighted by molar-refractivity contribution is 6.01. The molecule has 1 saturated carbocycles. The number of halogens is 1. The molecule has 2 saturated heterocycles. The van der Waals surface area contributed by atoms with Crippen LogP contribution in [0.4, 0.5) is 9.18 Å². The van der Waals surface area contributed by atoms with Gasteiger partial charge in [0.1, 0.15) is 17.0 Å². The van der Waals surface area contributed by atoms with E-state index in [1.54, 1.807) is 29.3 Å². The molecule has 2 unspecified atom stereocenters. The van der Waals surface area contributed by atoms with E-state index in [0.717, 1.165) is 19.3 Å². The van der Waals surface area contributed by atoms with Crippen molar-refractivity contribution in [2.24, 2.45) is 5.41 Å². The van der Waals surface area contributed by atoms with Gasteiger partial charge < -0.3 is 14.7 Å². The lowest BCUT2D eigenvalue weighted by atomic mass is 9.58. The molecule has 5 rings (SSSR count). The Morgan fingerprint density at radius 2 is 1.92 bits per heavy atom. The Balaban J connectivity index is 1.53. The molecule has 1 spiro atoms. The maximum Gasteiger partial charge on any atom is 0.410 e. The number of hydrogen-bond acceptors (Lipinski definition) is 6. The van der Waals surface area contributed by atoms with Crippen molar-refractivity contribution in [2.75, 3.05) is 13.1 Å². The van der Waals surface area contributed by atoms with Gasteiger partial charge >= 0.3 is 6.09 Å². The SMILES string of the molecule is CC(C)(C)OC(=O)N1CCC(O)(c2ccc3ncc(C4CCC(=O)NC4=O)cc3c2F)C2(CCCCC2)C1. The van der Waals surface area contributed by atoms with Crippen LogP contribution in [-0.4, -0.2) is 51.6 Å². The van der Waals surface area contributed by atoms with Crippen molar-refractivity contribution in [1.82, 2.24) is 15.2 Å². The molecule has 204 valence electrons. The molecule has 2 N–H and O–H groups in total. The average Bonchev–Trinajstić information content (AvgIpc) is 2.85. The van der Waals surface area contributed by atoms with Crippen LogP contribution in [0.25, 0.3) is 10.9 Å². The highest BCUT2D eigenvalue weighted by atomic mass is 19.1. The first-order valence-electron chi connectivity index (χ1n) is 13.6. The molecule has 1 aliphatic carbocycles.